The molecule has 0 unspecified atom stereocenters. The summed E-state index contributed by atoms with van der Waals surface area (Å²) in [6.45, 7) is 4.00. The minimum atomic E-state index is -3.73. The molecule has 0 fully saturated rings. The summed E-state index contributed by atoms with van der Waals surface area (Å²) < 4.78 is 25.9. The van der Waals surface area contributed by atoms with Crippen molar-refractivity contribution >= 4 is 31.6 Å². The van der Waals surface area contributed by atoms with Crippen molar-refractivity contribution in [3.63, 3.8) is 0 Å². The third-order valence-electron chi connectivity index (χ3n) is 2.25. The average molecular weight is 333 g/mol. The second kappa shape index (κ2) is 6.77. The first-order valence-corrected chi connectivity index (χ1v) is 7.73. The molecule has 5 nitrogen and oxygen atoms in total. The topological polar surface area (TPSA) is 66.8 Å². The van der Waals surface area contributed by atoms with E-state index < -0.39 is 10.0 Å². The van der Waals surface area contributed by atoms with Crippen LogP contribution in [0.25, 0.3) is 0 Å². The maximum absolute atomic E-state index is 12.4. The first kappa shape index (κ1) is 15.0. The number of sulfonamides is 1. The molecule has 7 heteroatoms. The van der Waals surface area contributed by atoms with Gasteiger partial charge in [-0.2, -0.15) is 4.31 Å². The van der Waals surface area contributed by atoms with Gasteiger partial charge in [0.25, 0.3) is 0 Å². The van der Waals surface area contributed by atoms with Crippen molar-refractivity contribution in [3.05, 3.63) is 41.8 Å². The number of halogens is 1. The molecule has 0 heterocycles. The lowest BCUT2D eigenvalue weighted by atomic mass is 10.3. The Balaban J connectivity index is 3.25. The molecule has 0 amide bonds. The fourth-order valence-corrected chi connectivity index (χ4v) is 3.63. The highest BCUT2D eigenvalue weighted by Crippen LogP contribution is 2.26. The van der Waals surface area contributed by atoms with Crippen LogP contribution < -0.4 is 0 Å². The molecule has 0 bridgehead atoms. The molecule has 18 heavy (non-hydrogen) atoms. The Labute approximate surface area is 115 Å². The highest BCUT2D eigenvalue weighted by Gasteiger charge is 2.25. The zero-order valence-corrected chi connectivity index (χ0v) is 12.0. The van der Waals surface area contributed by atoms with Gasteiger partial charge in [-0.3, -0.25) is 0 Å². The average Bonchev–Trinajstić information content (AvgIpc) is 2.38. The fourth-order valence-electron chi connectivity index (χ4n) is 1.44. The number of nitroso groups, excluding NO2 is 1. The van der Waals surface area contributed by atoms with Crippen LogP contribution in [0.5, 0.6) is 0 Å². The molecule has 0 aliphatic heterocycles. The zero-order valence-electron chi connectivity index (χ0n) is 9.62. The maximum Gasteiger partial charge on any atom is 0.245 e. The van der Waals surface area contributed by atoms with E-state index in [-0.39, 0.29) is 17.1 Å². The molecular formula is C11H13BrN2O3S. The molecule has 0 aliphatic rings. The molecule has 0 N–H and O–H groups in total. The van der Waals surface area contributed by atoms with Crippen molar-refractivity contribution in [1.82, 2.24) is 4.31 Å². The van der Waals surface area contributed by atoms with Gasteiger partial charge in [-0.25, -0.2) is 8.42 Å². The SMILES string of the molecule is C=CCN(CCBr)S(=O)(=O)c1ccccc1N=O. The van der Waals surface area contributed by atoms with Crippen LogP contribution in [0.2, 0.25) is 0 Å². The molecule has 1 rings (SSSR count). The van der Waals surface area contributed by atoms with Gasteiger partial charge in [0.15, 0.2) is 0 Å². The third-order valence-corrected chi connectivity index (χ3v) is 4.52. The quantitative estimate of drug-likeness (QED) is 0.438. The van der Waals surface area contributed by atoms with E-state index in [1.54, 1.807) is 12.1 Å². The molecule has 1 aromatic carbocycles. The first-order valence-electron chi connectivity index (χ1n) is 5.17. The number of hydrogen-bond donors (Lipinski definition) is 0. The van der Waals surface area contributed by atoms with Crippen molar-refractivity contribution in [2.75, 3.05) is 18.4 Å². The van der Waals surface area contributed by atoms with Crippen LogP contribution in [0.4, 0.5) is 5.69 Å². The summed E-state index contributed by atoms with van der Waals surface area (Å²) in [5.41, 5.74) is -0.0823. The number of nitrogens with zero attached hydrogens (tertiary/aromatic N) is 2. The van der Waals surface area contributed by atoms with Gasteiger partial charge in [0.05, 0.1) is 0 Å². The summed E-state index contributed by atoms with van der Waals surface area (Å²) in [6.07, 6.45) is 1.50. The minimum absolute atomic E-state index is 0.0807. The Kier molecular flexibility index (Phi) is 5.64. The lowest BCUT2D eigenvalue weighted by molar-refractivity contribution is 0.463. The van der Waals surface area contributed by atoms with Gasteiger partial charge < -0.3 is 0 Å². The van der Waals surface area contributed by atoms with Crippen LogP contribution in [-0.4, -0.2) is 31.1 Å². The monoisotopic (exact) mass is 332 g/mol. The predicted octanol–water partition coefficient (Wildman–Crippen LogP) is 2.66. The number of alkyl halides is 1. The van der Waals surface area contributed by atoms with E-state index in [0.29, 0.717) is 11.9 Å². The van der Waals surface area contributed by atoms with E-state index in [9.17, 15) is 13.3 Å². The van der Waals surface area contributed by atoms with E-state index in [4.69, 9.17) is 0 Å². The largest absolute Gasteiger partial charge is 0.245 e. The van der Waals surface area contributed by atoms with E-state index in [0.717, 1.165) is 0 Å². The van der Waals surface area contributed by atoms with Gasteiger partial charge in [-0.15, -0.1) is 11.5 Å². The molecule has 0 saturated heterocycles. The van der Waals surface area contributed by atoms with Gasteiger partial charge in [0.2, 0.25) is 10.0 Å². The summed E-state index contributed by atoms with van der Waals surface area (Å²) in [4.78, 5) is 10.6. The van der Waals surface area contributed by atoms with Crippen molar-refractivity contribution in [3.8, 4) is 0 Å². The van der Waals surface area contributed by atoms with E-state index in [2.05, 4.69) is 27.7 Å². The fraction of sp³-hybridized carbons (Fsp3) is 0.273. The van der Waals surface area contributed by atoms with Gasteiger partial charge in [-0.05, 0) is 17.3 Å². The number of benzene rings is 1. The second-order valence-corrected chi connectivity index (χ2v) is 6.10. The van der Waals surface area contributed by atoms with Crippen LogP contribution in [-0.2, 0) is 10.0 Å². The van der Waals surface area contributed by atoms with Gasteiger partial charge in [0, 0.05) is 18.4 Å². The molecule has 0 aromatic heterocycles. The Morgan fingerprint density at radius 2 is 2.06 bits per heavy atom. The van der Waals surface area contributed by atoms with E-state index in [1.165, 1.54) is 22.5 Å². The van der Waals surface area contributed by atoms with Crippen molar-refractivity contribution in [2.45, 2.75) is 4.90 Å². The van der Waals surface area contributed by atoms with Gasteiger partial charge in [0.1, 0.15) is 10.6 Å². The van der Waals surface area contributed by atoms with Gasteiger partial charge >= 0.3 is 0 Å². The lowest BCUT2D eigenvalue weighted by Gasteiger charge is -2.19. The predicted molar refractivity (Wildman–Crippen MR) is 74.6 cm³/mol. The molecule has 0 spiro atoms. The summed E-state index contributed by atoms with van der Waals surface area (Å²) in [6, 6.07) is 5.87. The van der Waals surface area contributed by atoms with Crippen molar-refractivity contribution in [2.24, 2.45) is 5.18 Å². The van der Waals surface area contributed by atoms with Crippen LogP contribution in [0.3, 0.4) is 0 Å². The Bertz CT molecular complexity index is 531. The second-order valence-electron chi connectivity index (χ2n) is 3.40. The number of rotatable bonds is 7. The van der Waals surface area contributed by atoms with Gasteiger partial charge in [-0.1, -0.05) is 34.1 Å². The Morgan fingerprint density at radius 1 is 1.39 bits per heavy atom. The molecule has 98 valence electrons. The summed E-state index contributed by atoms with van der Waals surface area (Å²) in [5, 5.41) is 3.24. The van der Waals surface area contributed by atoms with Crippen LogP contribution in [0, 0.1) is 4.91 Å². The Morgan fingerprint density at radius 3 is 2.61 bits per heavy atom. The maximum atomic E-state index is 12.4. The molecular weight excluding hydrogens is 320 g/mol. The van der Waals surface area contributed by atoms with E-state index in [1.807, 2.05) is 0 Å². The third kappa shape index (κ3) is 3.24. The van der Waals surface area contributed by atoms with Crippen LogP contribution >= 0.6 is 15.9 Å². The summed E-state index contributed by atoms with van der Waals surface area (Å²) in [7, 11) is -3.73. The normalized spacial score (nSPS) is 11.4. The van der Waals surface area contributed by atoms with Crippen molar-refractivity contribution < 1.29 is 8.42 Å². The Hall–Kier alpha value is -1.05. The molecule has 0 saturated carbocycles. The smallest absolute Gasteiger partial charge is 0.207 e. The molecule has 0 atom stereocenters. The van der Waals surface area contributed by atoms with Crippen molar-refractivity contribution in [1.29, 1.82) is 0 Å². The highest BCUT2D eigenvalue weighted by molar-refractivity contribution is 9.09. The highest BCUT2D eigenvalue weighted by atomic mass is 79.9. The molecule has 1 aromatic rings. The minimum Gasteiger partial charge on any atom is -0.207 e. The van der Waals surface area contributed by atoms with E-state index >= 15 is 0 Å². The zero-order chi connectivity index (χ0) is 13.6. The first-order chi connectivity index (χ1) is 8.57. The summed E-state index contributed by atoms with van der Waals surface area (Å²) >= 11 is 3.20. The number of hydrogen-bond acceptors (Lipinski definition) is 4. The lowest BCUT2D eigenvalue weighted by Crippen LogP contribution is -2.32. The van der Waals surface area contributed by atoms with Crippen LogP contribution in [0.1, 0.15) is 0 Å². The molecule has 0 radical (unpaired) electrons. The molecule has 0 aliphatic carbocycles. The standard InChI is InChI=1S/C11H13BrN2O3S/c1-2-8-14(9-7-12)18(16,17)11-6-4-3-5-10(11)13-15/h2-6H,1,7-9H2. The van der Waals surface area contributed by atoms with Crippen LogP contribution in [0.15, 0.2) is 47.0 Å². The summed E-state index contributed by atoms with van der Waals surface area (Å²) in [5.74, 6) is 0.